The molecule has 2 aromatic rings. The minimum Gasteiger partial charge on any atom is -0.493 e. The molecule has 1 aromatic carbocycles. The highest BCUT2D eigenvalue weighted by atomic mass is 79.9. The summed E-state index contributed by atoms with van der Waals surface area (Å²) in [7, 11) is 4.30. The van der Waals surface area contributed by atoms with Gasteiger partial charge >= 0.3 is 11.9 Å². The van der Waals surface area contributed by atoms with E-state index < -0.39 is 11.9 Å². The summed E-state index contributed by atoms with van der Waals surface area (Å²) in [6.45, 7) is -0.0826. The minimum atomic E-state index is -0.591. The van der Waals surface area contributed by atoms with Crippen molar-refractivity contribution in [3.63, 3.8) is 0 Å². The Hall–Kier alpha value is -2.48. The van der Waals surface area contributed by atoms with Crippen molar-refractivity contribution in [1.29, 1.82) is 0 Å². The molecular formula is C17H17BrO7. The highest BCUT2D eigenvalue weighted by molar-refractivity contribution is 9.10. The molecule has 0 unspecified atom stereocenters. The Labute approximate surface area is 152 Å². The maximum Gasteiger partial charge on any atom is 0.373 e. The van der Waals surface area contributed by atoms with Crippen LogP contribution in [0.15, 0.2) is 33.2 Å². The molecule has 134 valence electrons. The highest BCUT2D eigenvalue weighted by Crippen LogP contribution is 2.33. The molecule has 0 aliphatic heterocycles. The summed E-state index contributed by atoms with van der Waals surface area (Å²) < 4.78 is 26.1. The fourth-order valence-corrected chi connectivity index (χ4v) is 2.52. The van der Waals surface area contributed by atoms with Crippen molar-refractivity contribution in [3.05, 3.63) is 45.8 Å². The van der Waals surface area contributed by atoms with Gasteiger partial charge in [-0.05, 0) is 29.8 Å². The van der Waals surface area contributed by atoms with Crippen molar-refractivity contribution in [2.45, 2.75) is 13.0 Å². The zero-order chi connectivity index (χ0) is 18.4. The van der Waals surface area contributed by atoms with Crippen molar-refractivity contribution in [2.75, 3.05) is 21.3 Å². The Balaban J connectivity index is 1.98. The van der Waals surface area contributed by atoms with E-state index in [1.807, 2.05) is 0 Å². The summed E-state index contributed by atoms with van der Waals surface area (Å²) in [5, 5.41) is 0. The van der Waals surface area contributed by atoms with Crippen molar-refractivity contribution < 1.29 is 33.0 Å². The SMILES string of the molecule is COC(=O)c1ccc(COC(=O)Cc2cc(OC)c(OC)cc2Br)o1. The molecule has 0 N–H and O–H groups in total. The summed E-state index contributed by atoms with van der Waals surface area (Å²) in [5.41, 5.74) is 0.692. The van der Waals surface area contributed by atoms with Gasteiger partial charge in [0.05, 0.1) is 27.8 Å². The Bertz CT molecular complexity index is 766. The highest BCUT2D eigenvalue weighted by Gasteiger charge is 2.15. The standard InChI is InChI=1S/C17H17BrO7/c1-21-14-6-10(12(18)8-15(14)22-2)7-16(19)24-9-11-4-5-13(25-11)17(20)23-3/h4-6,8H,7,9H2,1-3H3. The van der Waals surface area contributed by atoms with Gasteiger partial charge in [0.1, 0.15) is 12.4 Å². The zero-order valence-electron chi connectivity index (χ0n) is 14.0. The first-order chi connectivity index (χ1) is 12.0. The van der Waals surface area contributed by atoms with Gasteiger partial charge in [-0.1, -0.05) is 15.9 Å². The van der Waals surface area contributed by atoms with Gasteiger partial charge in [0, 0.05) is 4.47 Å². The van der Waals surface area contributed by atoms with Gasteiger partial charge in [0.15, 0.2) is 11.5 Å². The first-order valence-electron chi connectivity index (χ1n) is 7.21. The summed E-state index contributed by atoms with van der Waals surface area (Å²) >= 11 is 3.39. The molecule has 0 saturated carbocycles. The zero-order valence-corrected chi connectivity index (χ0v) is 15.5. The molecule has 1 heterocycles. The molecule has 1 aromatic heterocycles. The van der Waals surface area contributed by atoms with E-state index in [0.717, 1.165) is 0 Å². The van der Waals surface area contributed by atoms with Crippen LogP contribution in [0.5, 0.6) is 11.5 Å². The van der Waals surface area contributed by atoms with E-state index in [-0.39, 0.29) is 18.8 Å². The average Bonchev–Trinajstić information content (AvgIpc) is 3.09. The molecule has 0 saturated heterocycles. The minimum absolute atomic E-state index is 0.0332. The largest absolute Gasteiger partial charge is 0.493 e. The number of benzene rings is 1. The lowest BCUT2D eigenvalue weighted by atomic mass is 10.1. The summed E-state index contributed by atoms with van der Waals surface area (Å²) in [6.07, 6.45) is 0.0332. The Morgan fingerprint density at radius 2 is 1.76 bits per heavy atom. The molecular weight excluding hydrogens is 396 g/mol. The molecule has 2 rings (SSSR count). The molecule has 0 fully saturated rings. The van der Waals surface area contributed by atoms with Gasteiger partial charge in [0.2, 0.25) is 5.76 Å². The lowest BCUT2D eigenvalue weighted by Gasteiger charge is -2.11. The maximum absolute atomic E-state index is 12.0. The molecule has 0 aliphatic carbocycles. The van der Waals surface area contributed by atoms with Crippen LogP contribution in [0.2, 0.25) is 0 Å². The second-order valence-corrected chi connectivity index (χ2v) is 5.75. The number of esters is 2. The van der Waals surface area contributed by atoms with Crippen LogP contribution in [0, 0.1) is 0 Å². The molecule has 0 atom stereocenters. The number of hydrogen-bond donors (Lipinski definition) is 0. The Morgan fingerprint density at radius 3 is 2.40 bits per heavy atom. The van der Waals surface area contributed by atoms with Gasteiger partial charge in [-0.3, -0.25) is 4.79 Å². The van der Waals surface area contributed by atoms with Crippen LogP contribution in [0.25, 0.3) is 0 Å². The van der Waals surface area contributed by atoms with Crippen LogP contribution in [0.3, 0.4) is 0 Å². The number of ether oxygens (including phenoxy) is 4. The second-order valence-electron chi connectivity index (χ2n) is 4.89. The normalized spacial score (nSPS) is 10.2. The van der Waals surface area contributed by atoms with Gasteiger partial charge < -0.3 is 23.4 Å². The molecule has 8 heteroatoms. The topological polar surface area (TPSA) is 84.2 Å². The molecule has 0 aliphatic rings. The van der Waals surface area contributed by atoms with Crippen LogP contribution in [-0.4, -0.2) is 33.3 Å². The predicted octanol–water partition coefficient (Wildman–Crippen LogP) is 3.13. The first kappa shape index (κ1) is 18.9. The van der Waals surface area contributed by atoms with Crippen LogP contribution >= 0.6 is 15.9 Å². The monoisotopic (exact) mass is 412 g/mol. The van der Waals surface area contributed by atoms with Crippen molar-refractivity contribution in [3.8, 4) is 11.5 Å². The molecule has 0 amide bonds. The number of hydrogen-bond acceptors (Lipinski definition) is 7. The third-order valence-corrected chi connectivity index (χ3v) is 4.05. The smallest absolute Gasteiger partial charge is 0.373 e. The van der Waals surface area contributed by atoms with E-state index in [9.17, 15) is 9.59 Å². The van der Waals surface area contributed by atoms with Crippen molar-refractivity contribution in [2.24, 2.45) is 0 Å². The van der Waals surface area contributed by atoms with Gasteiger partial charge in [0.25, 0.3) is 0 Å². The average molecular weight is 413 g/mol. The van der Waals surface area contributed by atoms with Crippen LogP contribution < -0.4 is 9.47 Å². The summed E-state index contributed by atoms with van der Waals surface area (Å²) in [6, 6.07) is 6.43. The quantitative estimate of drug-likeness (QED) is 0.645. The number of halogens is 1. The first-order valence-corrected chi connectivity index (χ1v) is 8.00. The van der Waals surface area contributed by atoms with Crippen LogP contribution in [-0.2, 0) is 27.3 Å². The summed E-state index contributed by atoms with van der Waals surface area (Å²) in [4.78, 5) is 23.3. The van der Waals surface area contributed by atoms with Crippen LogP contribution in [0.1, 0.15) is 21.9 Å². The lowest BCUT2D eigenvalue weighted by molar-refractivity contribution is -0.144. The van der Waals surface area contributed by atoms with Crippen LogP contribution in [0.4, 0.5) is 0 Å². The number of methoxy groups -OCH3 is 3. The molecule has 0 bridgehead atoms. The third kappa shape index (κ3) is 4.76. The maximum atomic E-state index is 12.0. The van der Waals surface area contributed by atoms with Crippen molar-refractivity contribution >= 4 is 27.9 Å². The van der Waals surface area contributed by atoms with E-state index >= 15 is 0 Å². The fourth-order valence-electron chi connectivity index (χ4n) is 2.06. The molecule has 0 spiro atoms. The molecule has 25 heavy (non-hydrogen) atoms. The summed E-state index contributed by atoms with van der Waals surface area (Å²) in [5.74, 6) is 0.423. The van der Waals surface area contributed by atoms with Gasteiger partial charge in [-0.15, -0.1) is 0 Å². The van der Waals surface area contributed by atoms with E-state index in [1.54, 1.807) is 18.2 Å². The Kier molecular flexibility index (Phi) is 6.46. The van der Waals surface area contributed by atoms with E-state index in [2.05, 4.69) is 20.7 Å². The second kappa shape index (κ2) is 8.57. The van der Waals surface area contributed by atoms with E-state index in [1.165, 1.54) is 27.4 Å². The number of furan rings is 1. The van der Waals surface area contributed by atoms with E-state index in [4.69, 9.17) is 18.6 Å². The van der Waals surface area contributed by atoms with Crippen molar-refractivity contribution in [1.82, 2.24) is 0 Å². The lowest BCUT2D eigenvalue weighted by Crippen LogP contribution is -2.08. The Morgan fingerprint density at radius 1 is 1.08 bits per heavy atom. The number of carbonyl (C=O) groups is 2. The third-order valence-electron chi connectivity index (χ3n) is 3.31. The predicted molar refractivity (Wildman–Crippen MR) is 90.8 cm³/mol. The number of carbonyl (C=O) groups excluding carboxylic acids is 2. The van der Waals surface area contributed by atoms with Gasteiger partial charge in [-0.25, -0.2) is 4.79 Å². The van der Waals surface area contributed by atoms with E-state index in [0.29, 0.717) is 27.3 Å². The molecule has 7 nitrogen and oxygen atoms in total. The van der Waals surface area contributed by atoms with Gasteiger partial charge in [-0.2, -0.15) is 0 Å². The number of rotatable bonds is 7. The fraction of sp³-hybridized carbons (Fsp3) is 0.294. The molecule has 0 radical (unpaired) electrons.